The van der Waals surface area contributed by atoms with Gasteiger partial charge in [0.05, 0.1) is 22.7 Å². The molecule has 1 aliphatic rings. The van der Waals surface area contributed by atoms with Crippen molar-refractivity contribution in [2.75, 3.05) is 13.1 Å². The van der Waals surface area contributed by atoms with E-state index in [1.165, 1.54) is 19.4 Å². The van der Waals surface area contributed by atoms with Gasteiger partial charge in [-0.1, -0.05) is 24.8 Å². The molecule has 172 valence electrons. The lowest BCUT2D eigenvalue weighted by Gasteiger charge is -2.30. The van der Waals surface area contributed by atoms with Crippen molar-refractivity contribution in [2.24, 2.45) is 9.98 Å². The molecular weight excluding hydrogens is 411 g/mol. The van der Waals surface area contributed by atoms with Crippen LogP contribution in [0.4, 0.5) is 13.2 Å². The molecule has 0 aromatic heterocycles. The number of alkyl halides is 3. The number of aryl methyl sites for hydroxylation is 1. The molecular formula is C26H32F3N3. The summed E-state index contributed by atoms with van der Waals surface area (Å²) >= 11 is 0. The highest BCUT2D eigenvalue weighted by Gasteiger charge is 2.33. The zero-order valence-electron chi connectivity index (χ0n) is 19.4. The van der Waals surface area contributed by atoms with Crippen LogP contribution in [0.1, 0.15) is 62.3 Å². The van der Waals surface area contributed by atoms with Crippen molar-refractivity contribution in [1.29, 1.82) is 0 Å². The first-order valence-electron chi connectivity index (χ1n) is 10.7. The summed E-state index contributed by atoms with van der Waals surface area (Å²) in [7, 11) is 0. The number of halogens is 3. The van der Waals surface area contributed by atoms with E-state index in [1.54, 1.807) is 19.1 Å². The van der Waals surface area contributed by atoms with Gasteiger partial charge in [0.2, 0.25) is 0 Å². The number of aliphatic imine (C=N–C) groups is 2. The maximum atomic E-state index is 13.4. The molecule has 1 saturated heterocycles. The molecule has 0 radical (unpaired) electrons. The van der Waals surface area contributed by atoms with Crippen LogP contribution in [0.2, 0.25) is 0 Å². The van der Waals surface area contributed by atoms with Gasteiger partial charge in [0, 0.05) is 18.8 Å². The van der Waals surface area contributed by atoms with Gasteiger partial charge in [-0.3, -0.25) is 9.98 Å². The fourth-order valence-electron chi connectivity index (χ4n) is 3.70. The lowest BCUT2D eigenvalue weighted by molar-refractivity contribution is -0.138. The van der Waals surface area contributed by atoms with E-state index >= 15 is 0 Å². The minimum atomic E-state index is -4.43. The van der Waals surface area contributed by atoms with E-state index in [4.69, 9.17) is 0 Å². The third-order valence-electron chi connectivity index (χ3n) is 5.31. The third-order valence-corrected chi connectivity index (χ3v) is 5.31. The van der Waals surface area contributed by atoms with E-state index in [1.807, 2.05) is 13.8 Å². The quantitative estimate of drug-likeness (QED) is 0.318. The lowest BCUT2D eigenvalue weighted by atomic mass is 9.94. The van der Waals surface area contributed by atoms with Crippen molar-refractivity contribution in [3.63, 3.8) is 0 Å². The summed E-state index contributed by atoms with van der Waals surface area (Å²) in [5.74, 6) is 0. The van der Waals surface area contributed by atoms with Gasteiger partial charge in [-0.25, -0.2) is 0 Å². The molecule has 1 heterocycles. The predicted octanol–water partition coefficient (Wildman–Crippen LogP) is 7.45. The average molecular weight is 444 g/mol. The van der Waals surface area contributed by atoms with Crippen molar-refractivity contribution in [3.05, 3.63) is 70.7 Å². The number of benzene rings is 1. The van der Waals surface area contributed by atoms with Crippen LogP contribution in [0.15, 0.2) is 58.4 Å². The van der Waals surface area contributed by atoms with Crippen LogP contribution in [0.3, 0.4) is 0 Å². The molecule has 2 rings (SSSR count). The predicted molar refractivity (Wildman–Crippen MR) is 130 cm³/mol. The second kappa shape index (κ2) is 10.6. The Morgan fingerprint density at radius 3 is 2.19 bits per heavy atom. The molecule has 6 heteroatoms. The van der Waals surface area contributed by atoms with Gasteiger partial charge in [-0.15, -0.1) is 0 Å². The molecule has 3 nitrogen and oxygen atoms in total. The molecule has 0 bridgehead atoms. The Kier molecular flexibility index (Phi) is 8.42. The highest BCUT2D eigenvalue weighted by Crippen LogP contribution is 2.36. The Morgan fingerprint density at radius 2 is 1.69 bits per heavy atom. The van der Waals surface area contributed by atoms with Crippen molar-refractivity contribution in [1.82, 2.24) is 4.90 Å². The Balaban J connectivity index is 2.58. The maximum absolute atomic E-state index is 13.4. The van der Waals surface area contributed by atoms with Gasteiger partial charge in [0.1, 0.15) is 0 Å². The lowest BCUT2D eigenvalue weighted by Crippen LogP contribution is -2.29. The molecule has 0 unspecified atom stereocenters. The summed E-state index contributed by atoms with van der Waals surface area (Å²) in [5.41, 5.74) is 3.87. The Labute approximate surface area is 189 Å². The number of likely N-dealkylation sites (tertiary alicyclic amines) is 1. The summed E-state index contributed by atoms with van der Waals surface area (Å²) in [6, 6.07) is 2.66. The van der Waals surface area contributed by atoms with E-state index in [0.717, 1.165) is 43.4 Å². The van der Waals surface area contributed by atoms with Crippen LogP contribution in [0, 0.1) is 6.92 Å². The molecule has 32 heavy (non-hydrogen) atoms. The number of rotatable bonds is 7. The normalized spacial score (nSPS) is 15.4. The molecule has 0 amide bonds. The topological polar surface area (TPSA) is 28.0 Å². The summed E-state index contributed by atoms with van der Waals surface area (Å²) in [6.07, 6.45) is 2.49. The molecule has 0 spiro atoms. The third kappa shape index (κ3) is 6.55. The highest BCUT2D eigenvalue weighted by molar-refractivity contribution is 5.81. The van der Waals surface area contributed by atoms with Crippen molar-refractivity contribution in [2.45, 2.75) is 53.1 Å². The van der Waals surface area contributed by atoms with Crippen LogP contribution in [0.5, 0.6) is 0 Å². The number of piperidine rings is 1. The SMILES string of the molecule is C=NC(=Cc1cc(C)c(C(F)(F)F)cc1C(=C)C)/C=C(\N=C(C)C)C(=C)N1CCCCC1. The summed E-state index contributed by atoms with van der Waals surface area (Å²) in [4.78, 5) is 11.0. The van der Waals surface area contributed by atoms with Gasteiger partial charge in [-0.05, 0) is 88.6 Å². The zero-order chi connectivity index (χ0) is 24.1. The molecule has 0 saturated carbocycles. The van der Waals surface area contributed by atoms with Crippen molar-refractivity contribution in [3.8, 4) is 0 Å². The Hall–Kier alpha value is -2.89. The van der Waals surface area contributed by atoms with E-state index in [9.17, 15) is 13.2 Å². The molecule has 1 aromatic rings. The van der Waals surface area contributed by atoms with Gasteiger partial charge in [-0.2, -0.15) is 13.2 Å². The van der Waals surface area contributed by atoms with Crippen LogP contribution in [-0.2, 0) is 6.18 Å². The van der Waals surface area contributed by atoms with E-state index < -0.39 is 11.7 Å². The zero-order valence-corrected chi connectivity index (χ0v) is 19.4. The molecule has 1 aromatic carbocycles. The highest BCUT2D eigenvalue weighted by atomic mass is 19.4. The second-order valence-electron chi connectivity index (χ2n) is 8.34. The maximum Gasteiger partial charge on any atom is 0.416 e. The number of hydrogen-bond acceptors (Lipinski definition) is 3. The van der Waals surface area contributed by atoms with Crippen LogP contribution < -0.4 is 0 Å². The standard InChI is InChI=1S/C26H32F3N3/c1-17(2)23-16-24(26(27,28)29)19(5)13-21(23)14-22(30-7)15-25(31-18(3)4)20(6)32-11-9-8-10-12-32/h13-16H,1,6-12H2,2-5H3/b22-14?,25-15-. The molecule has 1 fully saturated rings. The minimum absolute atomic E-state index is 0.140. The van der Waals surface area contributed by atoms with Crippen LogP contribution in [0.25, 0.3) is 11.6 Å². The molecule has 1 aliphatic heterocycles. The Bertz CT molecular complexity index is 984. The second-order valence-corrected chi connectivity index (χ2v) is 8.34. The van der Waals surface area contributed by atoms with Gasteiger partial charge < -0.3 is 4.90 Å². The average Bonchev–Trinajstić information content (AvgIpc) is 2.71. The van der Waals surface area contributed by atoms with Crippen molar-refractivity contribution >= 4 is 24.1 Å². The first kappa shape index (κ1) is 25.4. The fourth-order valence-corrected chi connectivity index (χ4v) is 3.70. The largest absolute Gasteiger partial charge is 0.416 e. The van der Waals surface area contributed by atoms with Crippen LogP contribution in [-0.4, -0.2) is 30.4 Å². The number of allylic oxidation sites excluding steroid dienone is 2. The van der Waals surface area contributed by atoms with Gasteiger partial charge in [0.25, 0.3) is 0 Å². The van der Waals surface area contributed by atoms with E-state index in [0.29, 0.717) is 28.1 Å². The first-order chi connectivity index (χ1) is 14.9. The first-order valence-corrected chi connectivity index (χ1v) is 10.7. The monoisotopic (exact) mass is 443 g/mol. The van der Waals surface area contributed by atoms with Gasteiger partial charge >= 0.3 is 6.18 Å². The summed E-state index contributed by atoms with van der Waals surface area (Å²) < 4.78 is 40.2. The number of hydrogen-bond donors (Lipinski definition) is 0. The minimum Gasteiger partial charge on any atom is -0.370 e. The van der Waals surface area contributed by atoms with Crippen molar-refractivity contribution < 1.29 is 13.2 Å². The Morgan fingerprint density at radius 1 is 1.06 bits per heavy atom. The molecule has 0 N–H and O–H groups in total. The van der Waals surface area contributed by atoms with E-state index in [2.05, 4.69) is 34.8 Å². The smallest absolute Gasteiger partial charge is 0.370 e. The van der Waals surface area contributed by atoms with Crippen LogP contribution >= 0.6 is 0 Å². The number of nitrogens with zero attached hydrogens (tertiary/aromatic N) is 3. The summed E-state index contributed by atoms with van der Waals surface area (Å²) in [5, 5.41) is 0. The molecule has 0 aliphatic carbocycles. The van der Waals surface area contributed by atoms with E-state index in [-0.39, 0.29) is 5.56 Å². The summed E-state index contributed by atoms with van der Waals surface area (Å²) in [6.45, 7) is 20.6. The fraction of sp³-hybridized carbons (Fsp3) is 0.385. The van der Waals surface area contributed by atoms with Gasteiger partial charge in [0.15, 0.2) is 0 Å². The molecule has 0 atom stereocenters.